The molecular formula is C15H27N3O2. The minimum Gasteiger partial charge on any atom is -0.409 e. The molecule has 5 nitrogen and oxygen atoms in total. The minimum atomic E-state index is -0.869. The summed E-state index contributed by atoms with van der Waals surface area (Å²) in [7, 11) is 0. The molecule has 2 aliphatic carbocycles. The van der Waals surface area contributed by atoms with Gasteiger partial charge in [-0.05, 0) is 49.9 Å². The molecule has 20 heavy (non-hydrogen) atoms. The molecule has 4 N–H and O–H groups in total. The molecule has 2 saturated carbocycles. The number of amidine groups is 1. The molecule has 0 heterocycles. The van der Waals surface area contributed by atoms with Gasteiger partial charge in [0, 0.05) is 6.54 Å². The van der Waals surface area contributed by atoms with Gasteiger partial charge in [-0.3, -0.25) is 4.79 Å². The van der Waals surface area contributed by atoms with Gasteiger partial charge in [0.05, 0.1) is 0 Å². The van der Waals surface area contributed by atoms with Crippen LogP contribution in [0.5, 0.6) is 0 Å². The number of hydrogen-bond acceptors (Lipinski definition) is 3. The largest absolute Gasteiger partial charge is 0.409 e. The number of hydrogen-bond donors (Lipinski definition) is 3. The van der Waals surface area contributed by atoms with Crippen LogP contribution in [0, 0.1) is 23.2 Å². The third-order valence-corrected chi connectivity index (χ3v) is 5.65. The summed E-state index contributed by atoms with van der Waals surface area (Å²) in [6.45, 7) is 4.54. The topological polar surface area (TPSA) is 87.7 Å². The Kier molecular flexibility index (Phi) is 4.55. The van der Waals surface area contributed by atoms with Crippen LogP contribution >= 0.6 is 0 Å². The SMILES string of the molecule is CCC(CC)(C(=O)NCC1CC2CCC1C2)C(N)=NO. The molecule has 114 valence electrons. The van der Waals surface area contributed by atoms with Crippen molar-refractivity contribution >= 4 is 11.7 Å². The standard InChI is InChI=1S/C15H27N3O2/c1-3-15(4-2,13(16)18-20)14(19)17-9-12-8-10-5-6-11(12)7-10/h10-12,20H,3-9H2,1-2H3,(H2,16,18)(H,17,19). The molecule has 1 amide bonds. The number of carbonyl (C=O) groups is 1. The predicted octanol–water partition coefficient (Wildman–Crippen LogP) is 2.09. The van der Waals surface area contributed by atoms with E-state index in [0.717, 1.165) is 18.4 Å². The van der Waals surface area contributed by atoms with Gasteiger partial charge in [0.15, 0.2) is 5.84 Å². The van der Waals surface area contributed by atoms with Crippen molar-refractivity contribution in [2.75, 3.05) is 6.54 Å². The van der Waals surface area contributed by atoms with Gasteiger partial charge >= 0.3 is 0 Å². The van der Waals surface area contributed by atoms with Crippen LogP contribution in [0.4, 0.5) is 0 Å². The quantitative estimate of drug-likeness (QED) is 0.301. The molecule has 3 unspecified atom stereocenters. The predicted molar refractivity (Wildman–Crippen MR) is 78.4 cm³/mol. The first-order valence-electron chi connectivity index (χ1n) is 7.83. The lowest BCUT2D eigenvalue weighted by Gasteiger charge is -2.30. The Hall–Kier alpha value is -1.26. The smallest absolute Gasteiger partial charge is 0.233 e. The molecule has 0 aromatic rings. The summed E-state index contributed by atoms with van der Waals surface area (Å²) in [6, 6.07) is 0. The van der Waals surface area contributed by atoms with Gasteiger partial charge < -0.3 is 16.3 Å². The Bertz CT molecular complexity index is 391. The minimum absolute atomic E-state index is 0.0212. The first kappa shape index (κ1) is 15.1. The van der Waals surface area contributed by atoms with Crippen molar-refractivity contribution in [2.45, 2.75) is 52.4 Å². The summed E-state index contributed by atoms with van der Waals surface area (Å²) >= 11 is 0. The number of rotatable bonds is 6. The molecule has 0 aliphatic heterocycles. The van der Waals surface area contributed by atoms with Crippen LogP contribution in [0.3, 0.4) is 0 Å². The van der Waals surface area contributed by atoms with Gasteiger partial charge in [-0.15, -0.1) is 0 Å². The first-order valence-corrected chi connectivity index (χ1v) is 7.83. The fourth-order valence-electron chi connectivity index (χ4n) is 4.16. The molecule has 2 aliphatic rings. The van der Waals surface area contributed by atoms with Crippen LogP contribution in [0.1, 0.15) is 52.4 Å². The fraction of sp³-hybridized carbons (Fsp3) is 0.867. The van der Waals surface area contributed by atoms with E-state index in [4.69, 9.17) is 10.9 Å². The van der Waals surface area contributed by atoms with Crippen LogP contribution in [-0.4, -0.2) is 23.5 Å². The zero-order chi connectivity index (χ0) is 14.8. The summed E-state index contributed by atoms with van der Waals surface area (Å²) in [5, 5.41) is 15.1. The number of nitrogens with two attached hydrogens (primary N) is 1. The van der Waals surface area contributed by atoms with E-state index in [1.807, 2.05) is 13.8 Å². The number of nitrogens with one attached hydrogen (secondary N) is 1. The zero-order valence-electron chi connectivity index (χ0n) is 12.6. The molecule has 2 fully saturated rings. The lowest BCUT2D eigenvalue weighted by atomic mass is 9.79. The van der Waals surface area contributed by atoms with Crippen LogP contribution in [-0.2, 0) is 4.79 Å². The van der Waals surface area contributed by atoms with Crippen molar-refractivity contribution < 1.29 is 10.0 Å². The molecule has 0 aromatic carbocycles. The highest BCUT2D eigenvalue weighted by atomic mass is 16.4. The Morgan fingerprint density at radius 1 is 1.35 bits per heavy atom. The van der Waals surface area contributed by atoms with Crippen molar-refractivity contribution in [1.82, 2.24) is 5.32 Å². The van der Waals surface area contributed by atoms with Crippen LogP contribution in [0.25, 0.3) is 0 Å². The number of fused-ring (bicyclic) bond motifs is 2. The maximum Gasteiger partial charge on any atom is 0.233 e. The fourth-order valence-corrected chi connectivity index (χ4v) is 4.16. The van der Waals surface area contributed by atoms with E-state index in [0.29, 0.717) is 18.8 Å². The van der Waals surface area contributed by atoms with Gasteiger partial charge in [0.2, 0.25) is 5.91 Å². The highest BCUT2D eigenvalue weighted by Gasteiger charge is 2.42. The summed E-state index contributed by atoms with van der Waals surface area (Å²) in [6.07, 6.45) is 6.36. The molecule has 2 bridgehead atoms. The van der Waals surface area contributed by atoms with E-state index in [-0.39, 0.29) is 11.7 Å². The number of nitrogens with zero attached hydrogens (tertiary/aromatic N) is 1. The van der Waals surface area contributed by atoms with Crippen molar-refractivity contribution in [3.05, 3.63) is 0 Å². The monoisotopic (exact) mass is 281 g/mol. The second kappa shape index (κ2) is 6.02. The Labute approximate surface area is 121 Å². The number of oxime groups is 1. The normalized spacial score (nSPS) is 29.7. The maximum atomic E-state index is 12.5. The molecular weight excluding hydrogens is 254 g/mol. The third-order valence-electron chi connectivity index (χ3n) is 5.65. The molecule has 0 aromatic heterocycles. The van der Waals surface area contributed by atoms with E-state index in [2.05, 4.69) is 10.5 Å². The van der Waals surface area contributed by atoms with Gasteiger partial charge in [-0.2, -0.15) is 0 Å². The van der Waals surface area contributed by atoms with Crippen molar-refractivity contribution in [1.29, 1.82) is 0 Å². The first-order chi connectivity index (χ1) is 9.57. The molecule has 3 atom stereocenters. The van der Waals surface area contributed by atoms with Gasteiger partial charge in [-0.1, -0.05) is 25.4 Å². The van der Waals surface area contributed by atoms with Gasteiger partial charge in [-0.25, -0.2) is 0 Å². The average molecular weight is 281 g/mol. The Balaban J connectivity index is 1.95. The van der Waals surface area contributed by atoms with Gasteiger partial charge in [0.1, 0.15) is 5.41 Å². The second-order valence-corrected chi connectivity index (χ2v) is 6.42. The molecule has 0 spiro atoms. The van der Waals surface area contributed by atoms with E-state index >= 15 is 0 Å². The number of carbonyl (C=O) groups excluding carboxylic acids is 1. The highest BCUT2D eigenvalue weighted by Crippen LogP contribution is 2.48. The zero-order valence-corrected chi connectivity index (χ0v) is 12.6. The van der Waals surface area contributed by atoms with Gasteiger partial charge in [0.25, 0.3) is 0 Å². The highest BCUT2D eigenvalue weighted by molar-refractivity contribution is 6.06. The molecule has 0 saturated heterocycles. The van der Waals surface area contributed by atoms with Crippen molar-refractivity contribution in [3.8, 4) is 0 Å². The summed E-state index contributed by atoms with van der Waals surface area (Å²) < 4.78 is 0. The summed E-state index contributed by atoms with van der Waals surface area (Å²) in [4.78, 5) is 12.5. The Morgan fingerprint density at radius 3 is 2.50 bits per heavy atom. The summed E-state index contributed by atoms with van der Waals surface area (Å²) in [5.74, 6) is 2.22. The Morgan fingerprint density at radius 2 is 2.05 bits per heavy atom. The lowest BCUT2D eigenvalue weighted by Crippen LogP contribution is -2.50. The van der Waals surface area contributed by atoms with E-state index in [9.17, 15) is 4.79 Å². The van der Waals surface area contributed by atoms with E-state index in [1.54, 1.807) is 0 Å². The summed E-state index contributed by atoms with van der Waals surface area (Å²) in [5.41, 5.74) is 4.89. The lowest BCUT2D eigenvalue weighted by molar-refractivity contribution is -0.128. The molecule has 5 heteroatoms. The van der Waals surface area contributed by atoms with Crippen LogP contribution in [0.2, 0.25) is 0 Å². The molecule has 2 rings (SSSR count). The average Bonchev–Trinajstić information content (AvgIpc) is 3.09. The van der Waals surface area contributed by atoms with Crippen molar-refractivity contribution in [3.63, 3.8) is 0 Å². The molecule has 0 radical (unpaired) electrons. The number of amides is 1. The van der Waals surface area contributed by atoms with Crippen LogP contribution in [0.15, 0.2) is 5.16 Å². The van der Waals surface area contributed by atoms with Crippen molar-refractivity contribution in [2.24, 2.45) is 34.1 Å². The van der Waals surface area contributed by atoms with Crippen LogP contribution < -0.4 is 11.1 Å². The second-order valence-electron chi connectivity index (χ2n) is 6.42. The third kappa shape index (κ3) is 2.50. The van der Waals surface area contributed by atoms with E-state index in [1.165, 1.54) is 25.7 Å². The maximum absolute atomic E-state index is 12.5. The van der Waals surface area contributed by atoms with E-state index < -0.39 is 5.41 Å².